The van der Waals surface area contributed by atoms with Gasteiger partial charge in [-0.2, -0.15) is 0 Å². The maximum absolute atomic E-state index is 13.0. The zero-order valence-electron chi connectivity index (χ0n) is 14.3. The van der Waals surface area contributed by atoms with Crippen LogP contribution < -0.4 is 21.7 Å². The highest BCUT2D eigenvalue weighted by Gasteiger charge is 2.19. The first-order valence-electron chi connectivity index (χ1n) is 8.01. The molecule has 0 fully saturated rings. The van der Waals surface area contributed by atoms with Crippen molar-refractivity contribution in [2.75, 3.05) is 7.11 Å². The summed E-state index contributed by atoms with van der Waals surface area (Å²) in [6.07, 6.45) is 0. The lowest BCUT2D eigenvalue weighted by Crippen LogP contribution is -2.29. The van der Waals surface area contributed by atoms with Crippen LogP contribution in [0.3, 0.4) is 0 Å². The molecular weight excluding hydrogens is 370 g/mol. The fraction of sp³-hybridized carbons (Fsp3) is 0.176. The van der Waals surface area contributed by atoms with Crippen molar-refractivity contribution < 1.29 is 9.53 Å². The number of aromatic nitrogens is 4. The molecule has 4 aromatic rings. The summed E-state index contributed by atoms with van der Waals surface area (Å²) in [5, 5.41) is 5.92. The van der Waals surface area contributed by atoms with Crippen LogP contribution in [0.15, 0.2) is 45.3 Å². The van der Waals surface area contributed by atoms with Crippen molar-refractivity contribution in [2.24, 2.45) is 5.73 Å². The van der Waals surface area contributed by atoms with E-state index in [1.165, 1.54) is 20.3 Å². The Balaban J connectivity index is 2.03. The standard InChI is InChI=1S/C17H15N5O4S/c1-26-12-5-3-2-4-10(12)8-20-15(24)14-11(6-7-27-14)22-16(20)19-21(17(22)25)9-13(18)23/h2-7H,8-9H2,1H3,(H2,18,23). The van der Waals surface area contributed by atoms with Gasteiger partial charge in [-0.25, -0.2) is 13.9 Å². The van der Waals surface area contributed by atoms with E-state index in [0.717, 1.165) is 10.2 Å². The number of hydrogen-bond acceptors (Lipinski definition) is 6. The Morgan fingerprint density at radius 1 is 1.26 bits per heavy atom. The molecule has 3 aromatic heterocycles. The Bertz CT molecular complexity index is 1300. The Morgan fingerprint density at radius 2 is 2.04 bits per heavy atom. The van der Waals surface area contributed by atoms with Gasteiger partial charge in [-0.3, -0.25) is 14.2 Å². The number of amides is 1. The number of para-hydroxylation sites is 1. The molecule has 0 radical (unpaired) electrons. The van der Waals surface area contributed by atoms with Crippen molar-refractivity contribution >= 4 is 33.2 Å². The lowest BCUT2D eigenvalue weighted by molar-refractivity contribution is -0.118. The van der Waals surface area contributed by atoms with E-state index in [1.54, 1.807) is 24.6 Å². The van der Waals surface area contributed by atoms with Gasteiger partial charge in [0.05, 0.1) is 19.2 Å². The SMILES string of the molecule is COc1ccccc1Cn1c(=O)c2sccc2n2c(=O)n(CC(N)=O)nc12. The number of nitrogens with two attached hydrogens (primary N) is 1. The zero-order chi connectivity index (χ0) is 19.1. The molecule has 3 heterocycles. The molecule has 4 rings (SSSR count). The normalized spacial score (nSPS) is 11.3. The second-order valence-corrected chi connectivity index (χ2v) is 6.80. The van der Waals surface area contributed by atoms with Crippen molar-refractivity contribution in [1.82, 2.24) is 18.7 Å². The molecule has 0 unspecified atom stereocenters. The number of hydrogen-bond donors (Lipinski definition) is 1. The molecule has 0 aliphatic heterocycles. The van der Waals surface area contributed by atoms with Gasteiger partial charge >= 0.3 is 5.69 Å². The molecule has 0 aliphatic carbocycles. The van der Waals surface area contributed by atoms with Crippen molar-refractivity contribution in [3.8, 4) is 5.75 Å². The predicted octanol–water partition coefficient (Wildman–Crippen LogP) is 0.415. The summed E-state index contributed by atoms with van der Waals surface area (Å²) in [5.74, 6) is 0.0662. The summed E-state index contributed by atoms with van der Waals surface area (Å²) in [4.78, 5) is 37.0. The van der Waals surface area contributed by atoms with E-state index in [9.17, 15) is 14.4 Å². The van der Waals surface area contributed by atoms with Crippen LogP contribution in [0.5, 0.6) is 5.75 Å². The van der Waals surface area contributed by atoms with Crippen LogP contribution in [0.1, 0.15) is 5.56 Å². The van der Waals surface area contributed by atoms with Crippen LogP contribution in [-0.4, -0.2) is 31.8 Å². The van der Waals surface area contributed by atoms with Gasteiger partial charge in [0, 0.05) is 5.56 Å². The molecule has 138 valence electrons. The maximum atomic E-state index is 13.0. The summed E-state index contributed by atoms with van der Waals surface area (Å²) in [5.41, 5.74) is 5.63. The molecule has 0 atom stereocenters. The van der Waals surface area contributed by atoms with Gasteiger partial charge in [0.25, 0.3) is 5.56 Å². The highest BCUT2D eigenvalue weighted by atomic mass is 32.1. The molecular formula is C17H15N5O4S. The van der Waals surface area contributed by atoms with E-state index < -0.39 is 11.6 Å². The molecule has 0 bridgehead atoms. The van der Waals surface area contributed by atoms with E-state index in [4.69, 9.17) is 10.5 Å². The minimum atomic E-state index is -0.694. The number of benzene rings is 1. The minimum Gasteiger partial charge on any atom is -0.496 e. The summed E-state index contributed by atoms with van der Waals surface area (Å²) in [7, 11) is 1.55. The van der Waals surface area contributed by atoms with Crippen LogP contribution in [0, 0.1) is 0 Å². The molecule has 27 heavy (non-hydrogen) atoms. The first-order chi connectivity index (χ1) is 13.0. The maximum Gasteiger partial charge on any atom is 0.352 e. The monoisotopic (exact) mass is 385 g/mol. The van der Waals surface area contributed by atoms with Crippen molar-refractivity contribution in [3.63, 3.8) is 0 Å². The minimum absolute atomic E-state index is 0.142. The fourth-order valence-corrected chi connectivity index (χ4v) is 3.86. The van der Waals surface area contributed by atoms with Gasteiger partial charge in [-0.15, -0.1) is 16.4 Å². The smallest absolute Gasteiger partial charge is 0.352 e. The third-order valence-electron chi connectivity index (χ3n) is 4.21. The van der Waals surface area contributed by atoms with Crippen LogP contribution in [-0.2, 0) is 17.9 Å². The number of carbonyl (C=O) groups is 1. The molecule has 0 saturated heterocycles. The third-order valence-corrected chi connectivity index (χ3v) is 5.11. The quantitative estimate of drug-likeness (QED) is 0.535. The van der Waals surface area contributed by atoms with E-state index in [2.05, 4.69) is 5.10 Å². The number of rotatable bonds is 5. The molecule has 10 heteroatoms. The number of methoxy groups -OCH3 is 1. The van der Waals surface area contributed by atoms with Gasteiger partial charge in [-0.05, 0) is 17.5 Å². The number of nitrogens with zero attached hydrogens (tertiary/aromatic N) is 4. The zero-order valence-corrected chi connectivity index (χ0v) is 15.1. The van der Waals surface area contributed by atoms with Gasteiger partial charge in [0.2, 0.25) is 11.7 Å². The van der Waals surface area contributed by atoms with E-state index in [-0.39, 0.29) is 24.4 Å². The van der Waals surface area contributed by atoms with Gasteiger partial charge in [-0.1, -0.05) is 18.2 Å². The van der Waals surface area contributed by atoms with Crippen LogP contribution in [0.25, 0.3) is 16.0 Å². The van der Waals surface area contributed by atoms with Crippen molar-refractivity contribution in [1.29, 1.82) is 0 Å². The molecule has 9 nitrogen and oxygen atoms in total. The van der Waals surface area contributed by atoms with E-state index in [0.29, 0.717) is 16.0 Å². The highest BCUT2D eigenvalue weighted by Crippen LogP contribution is 2.21. The Labute approximate surface area is 155 Å². The summed E-state index contributed by atoms with van der Waals surface area (Å²) in [6, 6.07) is 8.97. The number of primary amides is 1. The Hall–Kier alpha value is -3.40. The average molecular weight is 385 g/mol. The van der Waals surface area contributed by atoms with Crippen molar-refractivity contribution in [3.05, 3.63) is 62.1 Å². The topological polar surface area (TPSA) is 114 Å². The van der Waals surface area contributed by atoms with E-state index >= 15 is 0 Å². The third kappa shape index (κ3) is 2.70. The predicted molar refractivity (Wildman–Crippen MR) is 100 cm³/mol. The molecule has 0 aliphatic rings. The first kappa shape index (κ1) is 17.0. The summed E-state index contributed by atoms with van der Waals surface area (Å²) >= 11 is 1.24. The van der Waals surface area contributed by atoms with Gasteiger partial charge in [0.15, 0.2) is 0 Å². The average Bonchev–Trinajstić information content (AvgIpc) is 3.24. The molecule has 2 N–H and O–H groups in total. The fourth-order valence-electron chi connectivity index (χ4n) is 3.03. The molecule has 1 aromatic carbocycles. The van der Waals surface area contributed by atoms with Crippen LogP contribution in [0.4, 0.5) is 0 Å². The Morgan fingerprint density at radius 3 is 2.78 bits per heavy atom. The first-order valence-corrected chi connectivity index (χ1v) is 8.89. The van der Waals surface area contributed by atoms with Crippen LogP contribution >= 0.6 is 11.3 Å². The van der Waals surface area contributed by atoms with Gasteiger partial charge < -0.3 is 10.5 Å². The van der Waals surface area contributed by atoms with Gasteiger partial charge in [0.1, 0.15) is 17.0 Å². The van der Waals surface area contributed by atoms with Crippen LogP contribution in [0.2, 0.25) is 0 Å². The number of thiophene rings is 1. The second kappa shape index (κ2) is 6.40. The molecule has 1 amide bonds. The second-order valence-electron chi connectivity index (χ2n) is 5.88. The lowest BCUT2D eigenvalue weighted by Gasteiger charge is -2.11. The Kier molecular flexibility index (Phi) is 4.04. The molecule has 0 saturated carbocycles. The molecule has 0 spiro atoms. The summed E-state index contributed by atoms with van der Waals surface area (Å²) < 4.78 is 9.47. The van der Waals surface area contributed by atoms with Crippen molar-refractivity contribution in [2.45, 2.75) is 13.1 Å². The lowest BCUT2D eigenvalue weighted by atomic mass is 10.2. The number of carbonyl (C=O) groups excluding carboxylic acids is 1. The highest BCUT2D eigenvalue weighted by molar-refractivity contribution is 7.17. The summed E-state index contributed by atoms with van der Waals surface area (Å²) in [6.45, 7) is -0.206. The number of fused-ring (bicyclic) bond motifs is 3. The van der Waals surface area contributed by atoms with E-state index in [1.807, 2.05) is 18.2 Å². The largest absolute Gasteiger partial charge is 0.496 e. The number of ether oxygens (including phenoxy) is 1.